The summed E-state index contributed by atoms with van der Waals surface area (Å²) in [7, 11) is 0. The fourth-order valence-corrected chi connectivity index (χ4v) is 5.31. The van der Waals surface area contributed by atoms with Crippen molar-refractivity contribution >= 4 is 46.8 Å². The van der Waals surface area contributed by atoms with Crippen LogP contribution >= 0.6 is 11.6 Å². The van der Waals surface area contributed by atoms with E-state index >= 15 is 0 Å². The molecule has 45 heavy (non-hydrogen) atoms. The fraction of sp³-hybridized carbons (Fsp3) is 0.265. The van der Waals surface area contributed by atoms with Crippen molar-refractivity contribution in [3.8, 4) is 5.75 Å². The second kappa shape index (κ2) is 14.7. The van der Waals surface area contributed by atoms with Crippen LogP contribution in [0.15, 0.2) is 85.1 Å². The van der Waals surface area contributed by atoms with Gasteiger partial charge in [-0.25, -0.2) is 4.79 Å². The summed E-state index contributed by atoms with van der Waals surface area (Å²) in [5.74, 6) is -4.28. The van der Waals surface area contributed by atoms with Crippen LogP contribution < -0.4 is 10.1 Å². The molecule has 1 aliphatic rings. The van der Waals surface area contributed by atoms with Gasteiger partial charge in [0.25, 0.3) is 11.7 Å². The molecule has 0 radical (unpaired) electrons. The molecule has 0 aromatic heterocycles. The normalized spacial score (nSPS) is 15.4. The Morgan fingerprint density at radius 1 is 0.956 bits per heavy atom. The highest BCUT2D eigenvalue weighted by atomic mass is 35.5. The lowest BCUT2D eigenvalue weighted by molar-refractivity contribution is -0.150. The molecule has 11 heteroatoms. The van der Waals surface area contributed by atoms with Gasteiger partial charge in [-0.2, -0.15) is 0 Å². The number of carboxylic acids is 1. The third kappa shape index (κ3) is 8.36. The molecule has 3 aromatic rings. The Kier molecular flexibility index (Phi) is 10.7. The lowest BCUT2D eigenvalue weighted by Crippen LogP contribution is -2.56. The number of nitrogens with zero attached hydrogens (tertiary/aromatic N) is 2. The molecule has 3 aromatic carbocycles. The van der Waals surface area contributed by atoms with Gasteiger partial charge >= 0.3 is 5.97 Å². The summed E-state index contributed by atoms with van der Waals surface area (Å²) in [6, 6.07) is 20.5. The highest BCUT2D eigenvalue weighted by Crippen LogP contribution is 2.32. The van der Waals surface area contributed by atoms with Crippen LogP contribution in [0.2, 0.25) is 5.02 Å². The summed E-state index contributed by atoms with van der Waals surface area (Å²) in [5.41, 5.74) is 2.26. The molecule has 10 nitrogen and oxygen atoms in total. The predicted octanol–water partition coefficient (Wildman–Crippen LogP) is 4.31. The van der Waals surface area contributed by atoms with Gasteiger partial charge < -0.3 is 20.1 Å². The highest BCUT2D eigenvalue weighted by molar-refractivity contribution is 6.35. The van der Waals surface area contributed by atoms with E-state index in [1.165, 1.54) is 22.9 Å². The fourth-order valence-electron chi connectivity index (χ4n) is 5.10. The summed E-state index contributed by atoms with van der Waals surface area (Å²) in [4.78, 5) is 66.8. The Bertz CT molecular complexity index is 1620. The Balaban J connectivity index is 1.64. The Morgan fingerprint density at radius 2 is 1.64 bits per heavy atom. The third-order valence-electron chi connectivity index (χ3n) is 7.24. The maximum atomic E-state index is 14.0. The van der Waals surface area contributed by atoms with Crippen LogP contribution in [-0.4, -0.2) is 63.0 Å². The van der Waals surface area contributed by atoms with Gasteiger partial charge in [0.05, 0.1) is 5.70 Å². The van der Waals surface area contributed by atoms with E-state index in [0.29, 0.717) is 21.9 Å². The monoisotopic (exact) mass is 631 g/mol. The number of carboxylic acid groups (broad SMARTS) is 1. The van der Waals surface area contributed by atoms with Crippen LogP contribution in [0, 0.1) is 5.92 Å². The molecule has 0 saturated heterocycles. The summed E-state index contributed by atoms with van der Waals surface area (Å²) < 4.78 is 5.97. The summed E-state index contributed by atoms with van der Waals surface area (Å²) in [6.45, 7) is 4.65. The second-order valence-electron chi connectivity index (χ2n) is 11.0. The smallest absolute Gasteiger partial charge is 0.374 e. The van der Waals surface area contributed by atoms with E-state index in [0.717, 1.165) is 5.56 Å². The number of halogens is 1. The number of carbonyl (C=O) groups is 5. The van der Waals surface area contributed by atoms with Crippen LogP contribution in [0.5, 0.6) is 5.75 Å². The zero-order valence-corrected chi connectivity index (χ0v) is 25.9. The summed E-state index contributed by atoms with van der Waals surface area (Å²) >= 11 is 6.09. The molecule has 0 fully saturated rings. The van der Waals surface area contributed by atoms with Crippen molar-refractivity contribution in [1.82, 2.24) is 15.1 Å². The molecular formula is C34H34ClN3O7. The largest absolute Gasteiger partial charge is 0.489 e. The number of Topliss-reactive ketones (excluding diaryl/α,β-unsaturated/α-hetero) is 1. The predicted molar refractivity (Wildman–Crippen MR) is 168 cm³/mol. The van der Waals surface area contributed by atoms with E-state index in [-0.39, 0.29) is 30.5 Å². The van der Waals surface area contributed by atoms with Crippen molar-refractivity contribution < 1.29 is 33.8 Å². The first kappa shape index (κ1) is 32.9. The number of ketones is 1. The zero-order chi connectivity index (χ0) is 32.7. The van der Waals surface area contributed by atoms with Crippen LogP contribution in [-0.2, 0) is 37.0 Å². The van der Waals surface area contributed by atoms with Gasteiger partial charge in [0.2, 0.25) is 11.8 Å². The average molecular weight is 632 g/mol. The number of ether oxygens (including phenoxy) is 1. The molecule has 0 unspecified atom stereocenters. The van der Waals surface area contributed by atoms with E-state index in [9.17, 15) is 29.1 Å². The molecule has 2 atom stereocenters. The standard InChI is InChI=1S/C34H34ClN3O7/c1-21(2)31-33(42)38(19-30(40)36-28(32(41)34(43)44)16-23-9-5-4-6-10-23)29(18-37(31)22(3)39)25-12-8-14-27(17-25)45-20-24-11-7-13-26(35)15-24/h4-15,17-18,21,28,31H,16,19-20H2,1-3H3,(H,36,40)(H,43,44)/t28-,31+/m0/s1. The number of carbonyl (C=O) groups excluding carboxylic acids is 4. The first-order valence-corrected chi connectivity index (χ1v) is 14.7. The number of rotatable bonds is 12. The molecule has 1 heterocycles. The minimum Gasteiger partial charge on any atom is -0.489 e. The molecule has 3 amide bonds. The molecule has 1 aliphatic heterocycles. The number of amides is 3. The zero-order valence-electron chi connectivity index (χ0n) is 25.1. The Labute approximate surface area is 266 Å². The SMILES string of the molecule is CC(=O)N1C=C(c2cccc(OCc3cccc(Cl)c3)c2)N(CC(=O)N[C@@H](Cc2ccccc2)C(=O)C(=O)O)C(=O)[C@H]1C(C)C. The molecule has 4 rings (SSSR count). The quantitative estimate of drug-likeness (QED) is 0.285. The first-order chi connectivity index (χ1) is 21.4. The number of benzene rings is 3. The van der Waals surface area contributed by atoms with Crippen molar-refractivity contribution in [3.63, 3.8) is 0 Å². The lowest BCUT2D eigenvalue weighted by atomic mass is 9.97. The lowest BCUT2D eigenvalue weighted by Gasteiger charge is -2.40. The van der Waals surface area contributed by atoms with Crippen molar-refractivity contribution in [1.29, 1.82) is 0 Å². The average Bonchev–Trinajstić information content (AvgIpc) is 3.00. The molecule has 0 spiro atoms. The van der Waals surface area contributed by atoms with Gasteiger partial charge in [-0.05, 0) is 41.3 Å². The van der Waals surface area contributed by atoms with E-state index < -0.39 is 42.2 Å². The van der Waals surface area contributed by atoms with Crippen LogP contribution in [0.25, 0.3) is 5.70 Å². The van der Waals surface area contributed by atoms with Gasteiger partial charge in [0, 0.05) is 30.1 Å². The maximum absolute atomic E-state index is 14.0. The van der Waals surface area contributed by atoms with Gasteiger partial charge in [-0.1, -0.05) is 80.0 Å². The van der Waals surface area contributed by atoms with E-state index in [4.69, 9.17) is 16.3 Å². The molecule has 2 N–H and O–H groups in total. The first-order valence-electron chi connectivity index (χ1n) is 14.3. The van der Waals surface area contributed by atoms with Crippen molar-refractivity contribution in [2.45, 2.75) is 45.9 Å². The number of hydrogen-bond donors (Lipinski definition) is 2. The maximum Gasteiger partial charge on any atom is 0.374 e. The van der Waals surface area contributed by atoms with Gasteiger partial charge in [0.15, 0.2) is 0 Å². The second-order valence-corrected chi connectivity index (χ2v) is 11.4. The Hall–Kier alpha value is -4.96. The van der Waals surface area contributed by atoms with Crippen molar-refractivity contribution in [2.24, 2.45) is 5.92 Å². The van der Waals surface area contributed by atoms with E-state index in [2.05, 4.69) is 5.32 Å². The highest BCUT2D eigenvalue weighted by Gasteiger charge is 2.40. The van der Waals surface area contributed by atoms with Gasteiger partial charge in [0.1, 0.15) is 31.0 Å². The number of hydrogen-bond acceptors (Lipinski definition) is 6. The van der Waals surface area contributed by atoms with Crippen LogP contribution in [0.1, 0.15) is 37.5 Å². The molecule has 0 aliphatic carbocycles. The minimum atomic E-state index is -1.68. The third-order valence-corrected chi connectivity index (χ3v) is 7.47. The molecule has 234 valence electrons. The molecule has 0 bridgehead atoms. The molecule has 0 saturated carbocycles. The van der Waals surface area contributed by atoms with Crippen molar-refractivity contribution in [2.75, 3.05) is 6.54 Å². The minimum absolute atomic E-state index is 0.0485. The van der Waals surface area contributed by atoms with Crippen LogP contribution in [0.3, 0.4) is 0 Å². The topological polar surface area (TPSA) is 133 Å². The van der Waals surface area contributed by atoms with Crippen molar-refractivity contribution in [3.05, 3.63) is 107 Å². The van der Waals surface area contributed by atoms with E-state index in [1.54, 1.807) is 80.6 Å². The Morgan fingerprint density at radius 3 is 2.29 bits per heavy atom. The van der Waals surface area contributed by atoms with Crippen LogP contribution in [0.4, 0.5) is 0 Å². The summed E-state index contributed by atoms with van der Waals surface area (Å²) in [6.07, 6.45) is 1.48. The summed E-state index contributed by atoms with van der Waals surface area (Å²) in [5, 5.41) is 12.5. The van der Waals surface area contributed by atoms with Gasteiger partial charge in [-0.15, -0.1) is 0 Å². The van der Waals surface area contributed by atoms with Gasteiger partial charge in [-0.3, -0.25) is 24.1 Å². The van der Waals surface area contributed by atoms with E-state index in [1.807, 2.05) is 12.1 Å². The number of nitrogens with one attached hydrogen (secondary N) is 1. The molecular weight excluding hydrogens is 598 g/mol. The number of aliphatic carboxylic acids is 1.